The van der Waals surface area contributed by atoms with Crippen LogP contribution < -0.4 is 5.32 Å². The summed E-state index contributed by atoms with van der Waals surface area (Å²) in [6.45, 7) is 3.76. The van der Waals surface area contributed by atoms with Gasteiger partial charge in [0.15, 0.2) is 0 Å². The highest BCUT2D eigenvalue weighted by molar-refractivity contribution is 5.75. The van der Waals surface area contributed by atoms with Crippen LogP contribution in [0.5, 0.6) is 0 Å². The molecule has 0 saturated heterocycles. The summed E-state index contributed by atoms with van der Waals surface area (Å²) < 4.78 is 0. The summed E-state index contributed by atoms with van der Waals surface area (Å²) in [6.07, 6.45) is 8.77. The molecule has 0 aliphatic heterocycles. The number of rotatable bonds is 12. The van der Waals surface area contributed by atoms with Crippen LogP contribution in [0.15, 0.2) is 0 Å². The molecule has 2 atom stereocenters. The lowest BCUT2D eigenvalue weighted by Gasteiger charge is -2.22. The van der Waals surface area contributed by atoms with Crippen molar-refractivity contribution in [3.63, 3.8) is 0 Å². The zero-order chi connectivity index (χ0) is 14.5. The summed E-state index contributed by atoms with van der Waals surface area (Å²) in [6, 6.07) is -0.521. The summed E-state index contributed by atoms with van der Waals surface area (Å²) in [5.41, 5.74) is 0. The molecular weight excluding hydrogens is 242 g/mol. The Morgan fingerprint density at radius 1 is 1.05 bits per heavy atom. The largest absolute Gasteiger partial charge is 0.394 e. The van der Waals surface area contributed by atoms with Crippen molar-refractivity contribution in [3.8, 4) is 0 Å². The maximum atomic E-state index is 11.2. The summed E-state index contributed by atoms with van der Waals surface area (Å²) in [5.74, 6) is -0.127. The van der Waals surface area contributed by atoms with Crippen LogP contribution in [-0.4, -0.2) is 34.9 Å². The second-order valence-electron chi connectivity index (χ2n) is 5.19. The van der Waals surface area contributed by atoms with Crippen LogP contribution in [-0.2, 0) is 4.79 Å². The van der Waals surface area contributed by atoms with E-state index in [1.54, 1.807) is 6.92 Å². The SMILES string of the molecule is CCCCCCCCCC(O)C(CO)NC(=O)CC. The number of amides is 1. The molecule has 0 fully saturated rings. The Hall–Kier alpha value is -0.610. The second kappa shape index (κ2) is 12.4. The molecule has 0 aliphatic rings. The predicted octanol–water partition coefficient (Wildman–Crippen LogP) is 2.38. The fraction of sp³-hybridized carbons (Fsp3) is 0.933. The van der Waals surface area contributed by atoms with Crippen molar-refractivity contribution >= 4 is 5.91 Å². The Morgan fingerprint density at radius 3 is 2.16 bits per heavy atom. The molecule has 0 aromatic heterocycles. The van der Waals surface area contributed by atoms with Crippen molar-refractivity contribution < 1.29 is 15.0 Å². The fourth-order valence-electron chi connectivity index (χ4n) is 2.08. The van der Waals surface area contributed by atoms with Gasteiger partial charge in [0.2, 0.25) is 5.91 Å². The Kier molecular flexibility index (Phi) is 12.0. The van der Waals surface area contributed by atoms with Crippen LogP contribution in [0.4, 0.5) is 0 Å². The van der Waals surface area contributed by atoms with Crippen molar-refractivity contribution in [1.82, 2.24) is 5.32 Å². The summed E-state index contributed by atoms with van der Waals surface area (Å²) in [7, 11) is 0. The van der Waals surface area contributed by atoms with E-state index in [0.29, 0.717) is 12.8 Å². The van der Waals surface area contributed by atoms with Crippen molar-refractivity contribution in [2.75, 3.05) is 6.61 Å². The average molecular weight is 273 g/mol. The standard InChI is InChI=1S/C15H31NO3/c1-3-5-6-7-8-9-10-11-14(18)13(12-17)16-15(19)4-2/h13-14,17-18H,3-12H2,1-2H3,(H,16,19). The number of carbonyl (C=O) groups excluding carboxylic acids is 1. The minimum absolute atomic E-state index is 0.127. The van der Waals surface area contributed by atoms with Gasteiger partial charge < -0.3 is 15.5 Å². The molecule has 19 heavy (non-hydrogen) atoms. The van der Waals surface area contributed by atoms with Crippen molar-refractivity contribution in [2.45, 2.75) is 83.8 Å². The summed E-state index contributed by atoms with van der Waals surface area (Å²) in [4.78, 5) is 11.2. The van der Waals surface area contributed by atoms with Gasteiger partial charge in [-0.3, -0.25) is 4.79 Å². The first-order chi connectivity index (χ1) is 9.15. The van der Waals surface area contributed by atoms with Crippen LogP contribution in [0.1, 0.15) is 71.6 Å². The van der Waals surface area contributed by atoms with Gasteiger partial charge in [0.1, 0.15) is 0 Å². The van der Waals surface area contributed by atoms with Crippen molar-refractivity contribution in [3.05, 3.63) is 0 Å². The predicted molar refractivity (Wildman–Crippen MR) is 77.9 cm³/mol. The van der Waals surface area contributed by atoms with Gasteiger partial charge in [-0.25, -0.2) is 0 Å². The quantitative estimate of drug-likeness (QED) is 0.478. The molecule has 0 bridgehead atoms. The topological polar surface area (TPSA) is 69.6 Å². The lowest BCUT2D eigenvalue weighted by Crippen LogP contribution is -2.45. The van der Waals surface area contributed by atoms with Gasteiger partial charge in [-0.2, -0.15) is 0 Å². The zero-order valence-corrected chi connectivity index (χ0v) is 12.5. The van der Waals surface area contributed by atoms with Gasteiger partial charge >= 0.3 is 0 Å². The lowest BCUT2D eigenvalue weighted by molar-refractivity contribution is -0.122. The number of unbranched alkanes of at least 4 members (excludes halogenated alkanes) is 6. The molecule has 0 saturated carbocycles. The highest BCUT2D eigenvalue weighted by atomic mass is 16.3. The van der Waals surface area contributed by atoms with E-state index < -0.39 is 12.1 Å². The Bertz CT molecular complexity index is 221. The molecule has 0 radical (unpaired) electrons. The van der Waals surface area contributed by atoms with E-state index in [-0.39, 0.29) is 12.5 Å². The monoisotopic (exact) mass is 273 g/mol. The third-order valence-electron chi connectivity index (χ3n) is 3.43. The van der Waals surface area contributed by atoms with E-state index in [1.807, 2.05) is 0 Å². The molecular formula is C15H31NO3. The molecule has 114 valence electrons. The maximum Gasteiger partial charge on any atom is 0.220 e. The lowest BCUT2D eigenvalue weighted by atomic mass is 10.0. The van der Waals surface area contributed by atoms with Crippen LogP contribution >= 0.6 is 0 Å². The van der Waals surface area contributed by atoms with Gasteiger partial charge in [0.05, 0.1) is 18.8 Å². The van der Waals surface area contributed by atoms with Crippen LogP contribution in [0.25, 0.3) is 0 Å². The normalized spacial score (nSPS) is 14.1. The van der Waals surface area contributed by atoms with E-state index in [4.69, 9.17) is 5.11 Å². The van der Waals surface area contributed by atoms with Crippen molar-refractivity contribution in [1.29, 1.82) is 0 Å². The number of carbonyl (C=O) groups is 1. The second-order valence-corrected chi connectivity index (χ2v) is 5.19. The Morgan fingerprint density at radius 2 is 1.63 bits per heavy atom. The number of nitrogens with one attached hydrogen (secondary N) is 1. The highest BCUT2D eigenvalue weighted by Gasteiger charge is 2.19. The van der Waals surface area contributed by atoms with Crippen LogP contribution in [0, 0.1) is 0 Å². The minimum Gasteiger partial charge on any atom is -0.394 e. The first kappa shape index (κ1) is 18.4. The van der Waals surface area contributed by atoms with Gasteiger partial charge in [-0.1, -0.05) is 58.8 Å². The van der Waals surface area contributed by atoms with Gasteiger partial charge in [0, 0.05) is 6.42 Å². The third-order valence-corrected chi connectivity index (χ3v) is 3.43. The molecule has 0 aliphatic carbocycles. The minimum atomic E-state index is -0.642. The summed E-state index contributed by atoms with van der Waals surface area (Å²) >= 11 is 0. The molecule has 3 N–H and O–H groups in total. The van der Waals surface area contributed by atoms with E-state index in [9.17, 15) is 9.90 Å². The number of hydrogen-bond donors (Lipinski definition) is 3. The Labute approximate surface area is 117 Å². The number of hydrogen-bond acceptors (Lipinski definition) is 3. The van der Waals surface area contributed by atoms with E-state index in [2.05, 4.69) is 12.2 Å². The van der Waals surface area contributed by atoms with Gasteiger partial charge in [0.25, 0.3) is 0 Å². The molecule has 0 spiro atoms. The molecule has 4 heteroatoms. The average Bonchev–Trinajstić information content (AvgIpc) is 2.43. The third kappa shape index (κ3) is 9.91. The number of aliphatic hydroxyl groups is 2. The molecule has 0 rings (SSSR count). The maximum absolute atomic E-state index is 11.2. The van der Waals surface area contributed by atoms with Gasteiger partial charge in [-0.15, -0.1) is 0 Å². The van der Waals surface area contributed by atoms with Gasteiger partial charge in [-0.05, 0) is 6.42 Å². The van der Waals surface area contributed by atoms with E-state index in [0.717, 1.165) is 12.8 Å². The molecule has 1 amide bonds. The van der Waals surface area contributed by atoms with Crippen LogP contribution in [0.2, 0.25) is 0 Å². The first-order valence-corrected chi connectivity index (χ1v) is 7.73. The molecule has 0 heterocycles. The highest BCUT2D eigenvalue weighted by Crippen LogP contribution is 2.11. The summed E-state index contributed by atoms with van der Waals surface area (Å²) in [5, 5.41) is 21.7. The molecule has 0 aromatic rings. The first-order valence-electron chi connectivity index (χ1n) is 7.73. The smallest absolute Gasteiger partial charge is 0.220 e. The zero-order valence-electron chi connectivity index (χ0n) is 12.5. The van der Waals surface area contributed by atoms with E-state index >= 15 is 0 Å². The molecule has 0 aromatic carbocycles. The van der Waals surface area contributed by atoms with Crippen molar-refractivity contribution in [2.24, 2.45) is 0 Å². The Balaban J connectivity index is 3.64. The number of aliphatic hydroxyl groups excluding tert-OH is 2. The fourth-order valence-corrected chi connectivity index (χ4v) is 2.08. The van der Waals surface area contributed by atoms with E-state index in [1.165, 1.54) is 32.1 Å². The molecule has 4 nitrogen and oxygen atoms in total. The molecule has 2 unspecified atom stereocenters. The van der Waals surface area contributed by atoms with Crippen LogP contribution in [0.3, 0.4) is 0 Å².